The maximum absolute atomic E-state index is 13.6. The normalized spacial score (nSPS) is 15.1. The van der Waals surface area contributed by atoms with Gasteiger partial charge in [-0.3, -0.25) is 9.59 Å². The van der Waals surface area contributed by atoms with Crippen LogP contribution in [0.25, 0.3) is 0 Å². The summed E-state index contributed by atoms with van der Waals surface area (Å²) in [6, 6.07) is 3.95. The van der Waals surface area contributed by atoms with E-state index < -0.39 is 23.7 Å². The van der Waals surface area contributed by atoms with Crippen molar-refractivity contribution in [2.45, 2.75) is 26.5 Å². The molecule has 1 aromatic carbocycles. The van der Waals surface area contributed by atoms with Crippen LogP contribution in [0, 0.1) is 19.7 Å². The average molecular weight is 426 g/mol. The fourth-order valence-electron chi connectivity index (χ4n) is 3.36. The summed E-state index contributed by atoms with van der Waals surface area (Å²) in [6.07, 6.45) is 0.337. The maximum atomic E-state index is 13.6. The molecule has 0 saturated heterocycles. The Bertz CT molecular complexity index is 1190. The molecular weight excluding hydrogens is 407 g/mol. The number of nitrogens with zero attached hydrogens (tertiary/aromatic N) is 5. The molecule has 11 nitrogen and oxygen atoms in total. The molecule has 3 heterocycles. The molecule has 1 aliphatic rings. The summed E-state index contributed by atoms with van der Waals surface area (Å²) in [7, 11) is 0. The van der Waals surface area contributed by atoms with E-state index in [0.29, 0.717) is 33.9 Å². The lowest BCUT2D eigenvalue weighted by Gasteiger charge is -2.11. The Balaban J connectivity index is 1.53. The highest BCUT2D eigenvalue weighted by molar-refractivity contribution is 6.54. The molecule has 31 heavy (non-hydrogen) atoms. The van der Waals surface area contributed by atoms with Crippen LogP contribution in [0.3, 0.4) is 0 Å². The van der Waals surface area contributed by atoms with Gasteiger partial charge in [0.25, 0.3) is 11.8 Å². The number of nitrogens with one attached hydrogen (secondary N) is 3. The third-order valence-corrected chi connectivity index (χ3v) is 4.83. The van der Waals surface area contributed by atoms with Crippen molar-refractivity contribution in [3.05, 3.63) is 52.7 Å². The Morgan fingerprint density at radius 1 is 1.39 bits per heavy atom. The lowest BCUT2D eigenvalue weighted by Crippen LogP contribution is -2.35. The number of carbonyl (C=O) groups excluding carboxylic acids is 2. The predicted molar refractivity (Wildman–Crippen MR) is 108 cm³/mol. The van der Waals surface area contributed by atoms with Gasteiger partial charge >= 0.3 is 0 Å². The number of aryl methyl sites for hydroxylation is 1. The van der Waals surface area contributed by atoms with Crippen molar-refractivity contribution < 1.29 is 19.1 Å². The highest BCUT2D eigenvalue weighted by Gasteiger charge is 2.28. The number of anilines is 1. The molecule has 0 saturated carbocycles. The van der Waals surface area contributed by atoms with Crippen LogP contribution in [0.2, 0.25) is 0 Å². The number of hydrogen-bond donors (Lipinski definition) is 4. The molecule has 0 fully saturated rings. The number of halogens is 1. The van der Waals surface area contributed by atoms with Gasteiger partial charge in [-0.15, -0.1) is 10.2 Å². The zero-order valence-electron chi connectivity index (χ0n) is 16.7. The summed E-state index contributed by atoms with van der Waals surface area (Å²) in [5, 5.41) is 26.3. The zero-order chi connectivity index (χ0) is 22.1. The number of fused-ring (bicyclic) bond motifs is 1. The van der Waals surface area contributed by atoms with E-state index >= 15 is 0 Å². The number of aliphatic hydroxyl groups is 1. The smallest absolute Gasteiger partial charge is 0.275 e. The summed E-state index contributed by atoms with van der Waals surface area (Å²) < 4.78 is 13.6. The van der Waals surface area contributed by atoms with Gasteiger partial charge in [-0.25, -0.2) is 9.38 Å². The van der Waals surface area contributed by atoms with E-state index in [9.17, 15) is 19.1 Å². The summed E-state index contributed by atoms with van der Waals surface area (Å²) >= 11 is 0. The minimum Gasteiger partial charge on any atom is -0.389 e. The average Bonchev–Trinajstić information content (AvgIpc) is 3.40. The third kappa shape index (κ3) is 4.05. The SMILES string of the molecule is Cc1[nH]c(N=C2C(=O)Nc3ccc(F)cc32)c(C)c1C(=O)NCC(O)Cn1ncnn1. The number of benzene rings is 1. The van der Waals surface area contributed by atoms with Crippen molar-refractivity contribution in [3.8, 4) is 0 Å². The van der Waals surface area contributed by atoms with E-state index in [2.05, 4.69) is 36.0 Å². The van der Waals surface area contributed by atoms with E-state index in [1.807, 2.05) is 0 Å². The fraction of sp³-hybridized carbons (Fsp3) is 0.263. The number of hydrogen-bond acceptors (Lipinski definition) is 7. The molecule has 1 atom stereocenters. The first-order valence-corrected chi connectivity index (χ1v) is 9.39. The first kappa shape index (κ1) is 20.3. The predicted octanol–water partition coefficient (Wildman–Crippen LogP) is 0.621. The van der Waals surface area contributed by atoms with Gasteiger partial charge in [0.15, 0.2) is 6.33 Å². The molecule has 2 aromatic heterocycles. The number of rotatable bonds is 6. The molecule has 0 spiro atoms. The van der Waals surface area contributed by atoms with Crippen LogP contribution in [-0.4, -0.2) is 60.5 Å². The lowest BCUT2D eigenvalue weighted by atomic mass is 10.1. The van der Waals surface area contributed by atoms with Gasteiger partial charge in [-0.1, -0.05) is 0 Å². The summed E-state index contributed by atoms with van der Waals surface area (Å²) in [5.41, 5.74) is 2.30. The first-order chi connectivity index (χ1) is 14.8. The van der Waals surface area contributed by atoms with Gasteiger partial charge in [0.05, 0.1) is 23.9 Å². The molecule has 1 unspecified atom stereocenters. The number of aromatic nitrogens is 5. The number of aliphatic hydroxyl groups excluding tert-OH is 1. The van der Waals surface area contributed by atoms with Crippen LogP contribution < -0.4 is 10.6 Å². The van der Waals surface area contributed by atoms with E-state index in [1.54, 1.807) is 13.8 Å². The van der Waals surface area contributed by atoms with Crippen molar-refractivity contribution in [2.24, 2.45) is 4.99 Å². The Labute approximate surface area is 175 Å². The number of carbonyl (C=O) groups is 2. The van der Waals surface area contributed by atoms with Crippen LogP contribution in [0.1, 0.15) is 27.2 Å². The Kier molecular flexibility index (Phi) is 5.29. The van der Waals surface area contributed by atoms with Gasteiger partial charge in [-0.2, -0.15) is 4.80 Å². The van der Waals surface area contributed by atoms with Crippen LogP contribution in [0.5, 0.6) is 0 Å². The molecular formula is C19H19FN8O3. The van der Waals surface area contributed by atoms with E-state index in [0.717, 1.165) is 0 Å². The van der Waals surface area contributed by atoms with Crippen molar-refractivity contribution in [3.63, 3.8) is 0 Å². The third-order valence-electron chi connectivity index (χ3n) is 4.83. The van der Waals surface area contributed by atoms with Gasteiger partial charge in [0.1, 0.15) is 17.3 Å². The van der Waals surface area contributed by atoms with Crippen molar-refractivity contribution in [1.82, 2.24) is 30.5 Å². The second kappa shape index (κ2) is 8.07. The molecule has 12 heteroatoms. The van der Waals surface area contributed by atoms with Gasteiger partial charge in [0.2, 0.25) is 0 Å². The minimum absolute atomic E-state index is 0.0245. The maximum Gasteiger partial charge on any atom is 0.275 e. The largest absolute Gasteiger partial charge is 0.389 e. The van der Waals surface area contributed by atoms with Gasteiger partial charge < -0.3 is 20.7 Å². The molecule has 160 valence electrons. The second-order valence-electron chi connectivity index (χ2n) is 7.06. The highest BCUT2D eigenvalue weighted by atomic mass is 19.1. The quantitative estimate of drug-likeness (QED) is 0.454. The number of H-pyrrole nitrogens is 1. The summed E-state index contributed by atoms with van der Waals surface area (Å²) in [5.74, 6) is -1.03. The Hall–Kier alpha value is -3.93. The van der Waals surface area contributed by atoms with Crippen LogP contribution in [0.4, 0.5) is 15.9 Å². The Morgan fingerprint density at radius 2 is 2.19 bits per heavy atom. The molecule has 4 rings (SSSR count). The van der Waals surface area contributed by atoms with Crippen LogP contribution >= 0.6 is 0 Å². The molecule has 4 N–H and O–H groups in total. The minimum atomic E-state index is -0.911. The van der Waals surface area contributed by atoms with Crippen molar-refractivity contribution in [2.75, 3.05) is 11.9 Å². The molecule has 3 aromatic rings. The first-order valence-electron chi connectivity index (χ1n) is 9.39. The lowest BCUT2D eigenvalue weighted by molar-refractivity contribution is -0.110. The van der Waals surface area contributed by atoms with Crippen LogP contribution in [-0.2, 0) is 11.3 Å². The van der Waals surface area contributed by atoms with Gasteiger partial charge in [0, 0.05) is 23.4 Å². The van der Waals surface area contributed by atoms with Crippen molar-refractivity contribution >= 4 is 29.0 Å². The zero-order valence-corrected chi connectivity index (χ0v) is 16.7. The molecule has 1 aliphatic heterocycles. The second-order valence-corrected chi connectivity index (χ2v) is 7.06. The molecule has 2 amide bonds. The van der Waals surface area contributed by atoms with E-state index in [-0.39, 0.29) is 18.8 Å². The van der Waals surface area contributed by atoms with E-state index in [4.69, 9.17) is 0 Å². The summed E-state index contributed by atoms with van der Waals surface area (Å²) in [4.78, 5) is 33.5. The molecule has 0 aliphatic carbocycles. The number of aromatic amines is 1. The molecule has 0 bridgehead atoms. The fourth-order valence-corrected chi connectivity index (χ4v) is 3.36. The molecule has 0 radical (unpaired) electrons. The number of aliphatic imine (C=N–C) groups is 1. The Morgan fingerprint density at radius 3 is 2.94 bits per heavy atom. The standard InChI is InChI=1S/C19H19FN8O3/c1-9-15(18(30)21-6-12(29)7-28-23-8-22-27-28)10(2)24-17(9)26-16-13-5-11(20)3-4-14(13)25-19(16)31/h3-5,8,12,24,29H,6-7H2,1-2H3,(H,21,30)(H,25,26,31). The number of amides is 2. The highest BCUT2D eigenvalue weighted by Crippen LogP contribution is 2.29. The topological polar surface area (TPSA) is 150 Å². The van der Waals surface area contributed by atoms with Crippen molar-refractivity contribution in [1.29, 1.82) is 0 Å². The monoisotopic (exact) mass is 426 g/mol. The van der Waals surface area contributed by atoms with Crippen LogP contribution in [0.15, 0.2) is 29.5 Å². The number of tetrazole rings is 1. The summed E-state index contributed by atoms with van der Waals surface area (Å²) in [6.45, 7) is 3.44. The van der Waals surface area contributed by atoms with Gasteiger partial charge in [-0.05, 0) is 37.3 Å². The van der Waals surface area contributed by atoms with E-state index in [1.165, 1.54) is 29.3 Å².